The number of pyridine rings is 1. The number of nitrogens with one attached hydrogen (secondary N) is 1. The largest absolute Gasteiger partial charge is 0.596 e. The molecule has 0 bridgehead atoms. The first-order chi connectivity index (χ1) is 18.0. The molecule has 1 saturated heterocycles. The molecule has 2 unspecified atom stereocenters. The number of anilines is 1. The molecule has 0 amide bonds. The number of hydrogen-bond acceptors (Lipinski definition) is 8. The molecule has 4 heterocycles. The van der Waals surface area contributed by atoms with Crippen molar-refractivity contribution in [1.29, 1.82) is 0 Å². The zero-order valence-corrected chi connectivity index (χ0v) is 25.1. The van der Waals surface area contributed by atoms with E-state index in [0.717, 1.165) is 53.7 Å². The highest BCUT2D eigenvalue weighted by molar-refractivity contribution is 7.99. The number of thioether (sulfide) groups is 1. The maximum Gasteiger partial charge on any atom is 0.305 e. The van der Waals surface area contributed by atoms with Gasteiger partial charge in [0.2, 0.25) is 0 Å². The molecule has 1 N–H and O–H groups in total. The van der Waals surface area contributed by atoms with Crippen LogP contribution < -0.4 is 10.2 Å². The lowest BCUT2D eigenvalue weighted by Gasteiger charge is -2.15. The minimum Gasteiger partial charge on any atom is -0.596 e. The van der Waals surface area contributed by atoms with Crippen LogP contribution in [-0.2, 0) is 16.0 Å². The minimum atomic E-state index is -2.12. The molecule has 4 rings (SSSR count). The molecule has 0 spiro atoms. The molecule has 0 aromatic carbocycles. The smallest absolute Gasteiger partial charge is 0.305 e. The topological polar surface area (TPSA) is 105 Å². The van der Waals surface area contributed by atoms with Crippen molar-refractivity contribution in [2.45, 2.75) is 67.2 Å². The monoisotopic (exact) mass is 549 g/mol. The third-order valence-corrected chi connectivity index (χ3v) is 5.56. The fourth-order valence-corrected chi connectivity index (χ4v) is 4.22. The summed E-state index contributed by atoms with van der Waals surface area (Å²) in [4.78, 5) is 23.0. The lowest BCUT2D eigenvalue weighted by Crippen LogP contribution is -2.19. The quantitative estimate of drug-likeness (QED) is 0.196. The summed E-state index contributed by atoms with van der Waals surface area (Å²) in [6, 6.07) is 6.45. The van der Waals surface area contributed by atoms with Gasteiger partial charge in [-0.15, -0.1) is 6.58 Å². The van der Waals surface area contributed by atoms with Crippen LogP contribution in [0.1, 0.15) is 54.4 Å². The third kappa shape index (κ3) is 13.2. The number of aromatic nitrogens is 4. The Morgan fingerprint density at radius 2 is 1.97 bits per heavy atom. The number of fused-ring (bicyclic) bond motifs is 1. The molecule has 0 aliphatic carbocycles. The molecule has 1 fully saturated rings. The molecule has 37 heavy (non-hydrogen) atoms. The fraction of sp³-hybridized carbons (Fsp3) is 0.519. The van der Waals surface area contributed by atoms with Crippen LogP contribution in [0.3, 0.4) is 0 Å². The molecule has 0 radical (unpaired) electrons. The lowest BCUT2D eigenvalue weighted by atomic mass is 10.1. The van der Waals surface area contributed by atoms with Crippen molar-refractivity contribution in [2.75, 3.05) is 30.1 Å². The van der Waals surface area contributed by atoms with Crippen LogP contribution in [0, 0.1) is 0 Å². The van der Waals surface area contributed by atoms with Gasteiger partial charge in [-0.05, 0) is 43.7 Å². The summed E-state index contributed by atoms with van der Waals surface area (Å²) in [7, 11) is -2.12. The first-order valence-electron chi connectivity index (χ1n) is 12.8. The second kappa shape index (κ2) is 21.7. The number of ether oxygens (including phenoxy) is 1. The molecular formula is C27H44N5O3PS. The van der Waals surface area contributed by atoms with E-state index in [2.05, 4.69) is 34.9 Å². The van der Waals surface area contributed by atoms with E-state index in [1.54, 1.807) is 6.08 Å². The predicted octanol–water partition coefficient (Wildman–Crippen LogP) is 6.76. The van der Waals surface area contributed by atoms with Gasteiger partial charge in [-0.3, -0.25) is 0 Å². The number of rotatable bonds is 7. The second-order valence-electron chi connectivity index (χ2n) is 7.24. The Kier molecular flexibility index (Phi) is 20.4. The fourth-order valence-electron chi connectivity index (χ4n) is 3.07. The van der Waals surface area contributed by atoms with Gasteiger partial charge in [0.1, 0.15) is 24.7 Å². The van der Waals surface area contributed by atoms with Gasteiger partial charge in [0.25, 0.3) is 0 Å². The molecule has 3 aromatic heterocycles. The van der Waals surface area contributed by atoms with E-state index in [1.165, 1.54) is 12.2 Å². The summed E-state index contributed by atoms with van der Waals surface area (Å²) >= 11 is 1.98. The standard InChI is InChI=1S/C19H23N5OS.C3H6.2C2H6.CH3O2P/c1-2-9-25-13-24-8-5-16-19(24)21-11-17(23-16)15-4-3-7-20-18(15)22-14-6-10-26-12-14;1-3-2;2*1-2;1-4(2)3/h3-5,7-8,11,14H,2,6,9-10,12-13H2,1H3,(H,20,22);3H,1H2,2H3;2*1-2H3;1H3. The molecule has 1 aliphatic rings. The van der Waals surface area contributed by atoms with Crippen molar-refractivity contribution < 1.29 is 14.2 Å². The number of nitrogens with zero attached hydrogens (tertiary/aromatic N) is 4. The van der Waals surface area contributed by atoms with Crippen LogP contribution in [0.15, 0.2) is 49.4 Å². The average Bonchev–Trinajstić information content (AvgIpc) is 3.57. The highest BCUT2D eigenvalue weighted by atomic mass is 32.2. The Labute approximate surface area is 228 Å². The Bertz CT molecular complexity index is 1020. The molecule has 1 aliphatic heterocycles. The summed E-state index contributed by atoms with van der Waals surface area (Å²) in [5.74, 6) is 3.22. The SMILES string of the molecule is C=CC.CC.CC.CCCOCn1ccc2nc(-c3cccnc3NC3CCSC3)cnc21.C[P+](=O)[O-]. The van der Waals surface area contributed by atoms with E-state index < -0.39 is 8.03 Å². The lowest BCUT2D eigenvalue weighted by molar-refractivity contribution is -0.162. The van der Waals surface area contributed by atoms with Gasteiger partial charge >= 0.3 is 8.03 Å². The Morgan fingerprint density at radius 1 is 1.30 bits per heavy atom. The highest BCUT2D eigenvalue weighted by Gasteiger charge is 2.18. The second-order valence-corrected chi connectivity index (χ2v) is 9.27. The van der Waals surface area contributed by atoms with Crippen LogP contribution in [-0.4, -0.2) is 50.3 Å². The summed E-state index contributed by atoms with van der Waals surface area (Å²) in [6.45, 7) is 17.7. The van der Waals surface area contributed by atoms with Crippen LogP contribution in [0.4, 0.5) is 5.82 Å². The molecule has 2 atom stereocenters. The van der Waals surface area contributed by atoms with Gasteiger partial charge in [-0.1, -0.05) is 45.3 Å². The van der Waals surface area contributed by atoms with E-state index in [1.807, 2.05) is 81.7 Å². The Hall–Kier alpha value is -2.32. The van der Waals surface area contributed by atoms with Crippen LogP contribution in [0.2, 0.25) is 0 Å². The molecule has 3 aromatic rings. The van der Waals surface area contributed by atoms with Crippen molar-refractivity contribution in [3.05, 3.63) is 49.4 Å². The van der Waals surface area contributed by atoms with Gasteiger partial charge in [-0.25, -0.2) is 15.0 Å². The van der Waals surface area contributed by atoms with Crippen molar-refractivity contribution in [3.63, 3.8) is 0 Å². The van der Waals surface area contributed by atoms with E-state index in [4.69, 9.17) is 19.2 Å². The van der Waals surface area contributed by atoms with Crippen molar-refractivity contribution in [1.82, 2.24) is 19.5 Å². The zero-order chi connectivity index (χ0) is 28.1. The molecule has 0 saturated carbocycles. The first-order valence-corrected chi connectivity index (χ1v) is 15.6. The molecule has 206 valence electrons. The predicted molar refractivity (Wildman–Crippen MR) is 158 cm³/mol. The van der Waals surface area contributed by atoms with E-state index in [-0.39, 0.29) is 0 Å². The van der Waals surface area contributed by atoms with Gasteiger partial charge in [0.15, 0.2) is 5.65 Å². The zero-order valence-electron chi connectivity index (χ0n) is 23.4. The van der Waals surface area contributed by atoms with Gasteiger partial charge in [-0.2, -0.15) is 11.8 Å². The van der Waals surface area contributed by atoms with Gasteiger partial charge in [0, 0.05) is 36.4 Å². The molecule has 10 heteroatoms. The maximum atomic E-state index is 9.04. The normalized spacial score (nSPS) is 13.8. The highest BCUT2D eigenvalue weighted by Crippen LogP contribution is 2.28. The van der Waals surface area contributed by atoms with Crippen molar-refractivity contribution >= 4 is 36.8 Å². The average molecular weight is 550 g/mol. The van der Waals surface area contributed by atoms with E-state index in [9.17, 15) is 0 Å². The number of allylic oxidation sites excluding steroid dienone is 1. The summed E-state index contributed by atoms with van der Waals surface area (Å²) < 4.78 is 16.6. The first kappa shape index (κ1) is 34.7. The van der Waals surface area contributed by atoms with Crippen LogP contribution >= 0.6 is 19.8 Å². The Balaban J connectivity index is 0.00000102. The van der Waals surface area contributed by atoms with Crippen molar-refractivity contribution in [2.24, 2.45) is 0 Å². The number of hydrogen-bond donors (Lipinski definition) is 1. The summed E-state index contributed by atoms with van der Waals surface area (Å²) in [6.07, 6.45) is 9.55. The molecule has 8 nitrogen and oxygen atoms in total. The van der Waals surface area contributed by atoms with Crippen LogP contribution in [0.25, 0.3) is 22.4 Å². The maximum absolute atomic E-state index is 9.04. The van der Waals surface area contributed by atoms with Crippen LogP contribution in [0.5, 0.6) is 0 Å². The summed E-state index contributed by atoms with van der Waals surface area (Å²) in [5.41, 5.74) is 3.55. The Morgan fingerprint density at radius 3 is 2.57 bits per heavy atom. The third-order valence-electron chi connectivity index (χ3n) is 4.40. The molecular weight excluding hydrogens is 505 g/mol. The van der Waals surface area contributed by atoms with E-state index >= 15 is 0 Å². The van der Waals surface area contributed by atoms with Crippen molar-refractivity contribution in [3.8, 4) is 11.3 Å². The van der Waals surface area contributed by atoms with Gasteiger partial charge < -0.3 is 19.5 Å². The summed E-state index contributed by atoms with van der Waals surface area (Å²) in [5, 5.41) is 3.57. The van der Waals surface area contributed by atoms with E-state index in [0.29, 0.717) is 12.8 Å². The van der Waals surface area contributed by atoms with Gasteiger partial charge in [0.05, 0.1) is 11.9 Å². The minimum absolute atomic E-state index is 0.474.